The molecule has 0 unspecified atom stereocenters. The highest BCUT2D eigenvalue weighted by molar-refractivity contribution is 6.35. The molecule has 124 valence electrons. The molecule has 1 fully saturated rings. The number of hydrogen-bond acceptors (Lipinski definition) is 5. The Balaban J connectivity index is 1.67. The zero-order valence-electron chi connectivity index (χ0n) is 13.6. The van der Waals surface area contributed by atoms with Crippen molar-refractivity contribution in [1.82, 2.24) is 14.8 Å². The monoisotopic (exact) mass is 335 g/mol. The third-order valence-corrected chi connectivity index (χ3v) is 4.56. The maximum absolute atomic E-state index is 6.21. The maximum Gasteiger partial charge on any atom is 0.163 e. The molecule has 2 aromatic rings. The van der Waals surface area contributed by atoms with E-state index in [4.69, 9.17) is 21.1 Å². The third-order valence-electron chi connectivity index (χ3n) is 4.23. The molecule has 1 aromatic heterocycles. The van der Waals surface area contributed by atoms with E-state index in [2.05, 4.69) is 21.8 Å². The number of rotatable bonds is 5. The molecule has 0 radical (unpaired) electrons. The normalized spacial score (nSPS) is 16.7. The number of likely N-dealkylation sites (N-methyl/N-ethyl adjacent to an activating group) is 1. The molecule has 0 spiro atoms. The van der Waals surface area contributed by atoms with Crippen LogP contribution in [-0.4, -0.2) is 68.3 Å². The van der Waals surface area contributed by atoms with Crippen LogP contribution in [0.3, 0.4) is 0 Å². The predicted molar refractivity (Wildman–Crippen MR) is 92.7 cm³/mol. The second-order valence-corrected chi connectivity index (χ2v) is 6.21. The minimum Gasteiger partial charge on any atom is -0.493 e. The Kier molecular flexibility index (Phi) is 5.20. The summed E-state index contributed by atoms with van der Waals surface area (Å²) in [6, 6.07) is 5.55. The van der Waals surface area contributed by atoms with Crippen LogP contribution in [0.5, 0.6) is 11.5 Å². The molecule has 2 heterocycles. The summed E-state index contributed by atoms with van der Waals surface area (Å²) in [6.07, 6.45) is 1.70. The van der Waals surface area contributed by atoms with Gasteiger partial charge >= 0.3 is 0 Å². The summed E-state index contributed by atoms with van der Waals surface area (Å²) in [5, 5.41) is 1.54. The Labute approximate surface area is 141 Å². The van der Waals surface area contributed by atoms with E-state index in [1.165, 1.54) is 0 Å². The van der Waals surface area contributed by atoms with Gasteiger partial charge in [0, 0.05) is 50.4 Å². The van der Waals surface area contributed by atoms with Gasteiger partial charge in [-0.1, -0.05) is 11.6 Å². The van der Waals surface area contributed by atoms with Gasteiger partial charge in [0.15, 0.2) is 11.5 Å². The van der Waals surface area contributed by atoms with Gasteiger partial charge in [-0.05, 0) is 19.2 Å². The quantitative estimate of drug-likeness (QED) is 0.839. The Bertz CT molecular complexity index is 672. The van der Waals surface area contributed by atoms with Gasteiger partial charge in [0.25, 0.3) is 0 Å². The first kappa shape index (κ1) is 16.3. The summed E-state index contributed by atoms with van der Waals surface area (Å²) in [5.74, 6) is 1.40. The number of fused-ring (bicyclic) bond motifs is 1. The minimum absolute atomic E-state index is 0.631. The summed E-state index contributed by atoms with van der Waals surface area (Å²) in [7, 11) is 3.80. The molecule has 1 aliphatic rings. The van der Waals surface area contributed by atoms with Crippen LogP contribution < -0.4 is 9.47 Å². The SMILES string of the molecule is COc1cc2c(Cl)ccnc2cc1OCCN1CCN(C)CC1. The van der Waals surface area contributed by atoms with Gasteiger partial charge in [0.1, 0.15) is 6.61 Å². The van der Waals surface area contributed by atoms with Crippen LogP contribution in [0, 0.1) is 0 Å². The number of piperazine rings is 1. The molecule has 23 heavy (non-hydrogen) atoms. The van der Waals surface area contributed by atoms with E-state index in [1.54, 1.807) is 19.4 Å². The van der Waals surface area contributed by atoms with Gasteiger partial charge in [-0.3, -0.25) is 9.88 Å². The molecule has 0 saturated carbocycles. The highest BCUT2D eigenvalue weighted by Gasteiger charge is 2.14. The van der Waals surface area contributed by atoms with Crippen molar-refractivity contribution in [2.75, 3.05) is 53.5 Å². The highest BCUT2D eigenvalue weighted by Crippen LogP contribution is 2.34. The van der Waals surface area contributed by atoms with Crippen LogP contribution in [0.1, 0.15) is 0 Å². The molecule has 1 aromatic carbocycles. The first-order chi connectivity index (χ1) is 11.2. The summed E-state index contributed by atoms with van der Waals surface area (Å²) in [5.41, 5.74) is 0.813. The lowest BCUT2D eigenvalue weighted by Gasteiger charge is -2.32. The van der Waals surface area contributed by atoms with Crippen LogP contribution in [0.2, 0.25) is 5.02 Å². The highest BCUT2D eigenvalue weighted by atomic mass is 35.5. The number of halogens is 1. The molecule has 0 N–H and O–H groups in total. The molecule has 0 aliphatic carbocycles. The minimum atomic E-state index is 0.631. The molecule has 1 aliphatic heterocycles. The first-order valence-electron chi connectivity index (χ1n) is 7.83. The van der Waals surface area contributed by atoms with E-state index < -0.39 is 0 Å². The van der Waals surface area contributed by atoms with Crippen molar-refractivity contribution in [3.8, 4) is 11.5 Å². The van der Waals surface area contributed by atoms with Gasteiger partial charge in [-0.15, -0.1) is 0 Å². The number of pyridine rings is 1. The molecule has 3 rings (SSSR count). The molecule has 0 bridgehead atoms. The third kappa shape index (κ3) is 3.86. The summed E-state index contributed by atoms with van der Waals surface area (Å²) in [6.45, 7) is 5.95. The lowest BCUT2D eigenvalue weighted by atomic mass is 10.2. The van der Waals surface area contributed by atoms with Crippen LogP contribution >= 0.6 is 11.6 Å². The van der Waals surface area contributed by atoms with Crippen molar-refractivity contribution >= 4 is 22.5 Å². The largest absolute Gasteiger partial charge is 0.493 e. The van der Waals surface area contributed by atoms with Crippen LogP contribution in [-0.2, 0) is 0 Å². The molecular formula is C17H22ClN3O2. The van der Waals surface area contributed by atoms with Gasteiger partial charge in [0.05, 0.1) is 17.6 Å². The van der Waals surface area contributed by atoms with Crippen molar-refractivity contribution in [3.05, 3.63) is 29.4 Å². The molecule has 0 atom stereocenters. The van der Waals surface area contributed by atoms with E-state index in [-0.39, 0.29) is 0 Å². The predicted octanol–water partition coefficient (Wildman–Crippen LogP) is 2.52. The Morgan fingerprint density at radius 2 is 1.96 bits per heavy atom. The molecule has 6 heteroatoms. The van der Waals surface area contributed by atoms with E-state index in [1.807, 2.05) is 12.1 Å². The first-order valence-corrected chi connectivity index (χ1v) is 8.21. The Morgan fingerprint density at radius 1 is 1.17 bits per heavy atom. The second-order valence-electron chi connectivity index (χ2n) is 5.81. The van der Waals surface area contributed by atoms with E-state index >= 15 is 0 Å². The van der Waals surface area contributed by atoms with Crippen molar-refractivity contribution in [2.24, 2.45) is 0 Å². The summed E-state index contributed by atoms with van der Waals surface area (Å²) in [4.78, 5) is 9.11. The van der Waals surface area contributed by atoms with Gasteiger partial charge in [-0.25, -0.2) is 0 Å². The standard InChI is InChI=1S/C17H22ClN3O2/c1-20-5-7-21(8-6-20)9-10-23-17-12-15-13(11-16(17)22-2)14(18)3-4-19-15/h3-4,11-12H,5-10H2,1-2H3. The fraction of sp³-hybridized carbons (Fsp3) is 0.471. The van der Waals surface area contributed by atoms with E-state index in [0.29, 0.717) is 23.1 Å². The van der Waals surface area contributed by atoms with Crippen LogP contribution in [0.15, 0.2) is 24.4 Å². The molecule has 1 saturated heterocycles. The van der Waals surface area contributed by atoms with Crippen molar-refractivity contribution in [2.45, 2.75) is 0 Å². The number of nitrogens with zero attached hydrogens (tertiary/aromatic N) is 3. The maximum atomic E-state index is 6.21. The van der Waals surface area contributed by atoms with Gasteiger partial charge in [0.2, 0.25) is 0 Å². The number of methoxy groups -OCH3 is 1. The molecular weight excluding hydrogens is 314 g/mol. The average molecular weight is 336 g/mol. The van der Waals surface area contributed by atoms with Crippen molar-refractivity contribution in [3.63, 3.8) is 0 Å². The Hall–Kier alpha value is -1.56. The molecule has 0 amide bonds. The van der Waals surface area contributed by atoms with Crippen molar-refractivity contribution < 1.29 is 9.47 Å². The number of aromatic nitrogens is 1. The summed E-state index contributed by atoms with van der Waals surface area (Å²) >= 11 is 6.21. The van der Waals surface area contributed by atoms with E-state index in [9.17, 15) is 0 Å². The Morgan fingerprint density at radius 3 is 2.70 bits per heavy atom. The lowest BCUT2D eigenvalue weighted by molar-refractivity contribution is 0.133. The topological polar surface area (TPSA) is 37.8 Å². The fourth-order valence-electron chi connectivity index (χ4n) is 2.75. The number of hydrogen-bond donors (Lipinski definition) is 0. The fourth-order valence-corrected chi connectivity index (χ4v) is 2.96. The zero-order chi connectivity index (χ0) is 16.2. The number of ether oxygens (including phenoxy) is 2. The lowest BCUT2D eigenvalue weighted by Crippen LogP contribution is -2.45. The smallest absolute Gasteiger partial charge is 0.163 e. The molecule has 5 nitrogen and oxygen atoms in total. The van der Waals surface area contributed by atoms with Crippen molar-refractivity contribution in [1.29, 1.82) is 0 Å². The van der Waals surface area contributed by atoms with Crippen LogP contribution in [0.4, 0.5) is 0 Å². The second kappa shape index (κ2) is 7.34. The van der Waals surface area contributed by atoms with Gasteiger partial charge < -0.3 is 14.4 Å². The zero-order valence-corrected chi connectivity index (χ0v) is 14.3. The average Bonchev–Trinajstić information content (AvgIpc) is 2.56. The number of benzene rings is 1. The van der Waals surface area contributed by atoms with E-state index in [0.717, 1.165) is 43.6 Å². The van der Waals surface area contributed by atoms with Crippen LogP contribution in [0.25, 0.3) is 10.9 Å². The summed E-state index contributed by atoms with van der Waals surface area (Å²) < 4.78 is 11.4. The van der Waals surface area contributed by atoms with Gasteiger partial charge in [-0.2, -0.15) is 0 Å².